The summed E-state index contributed by atoms with van der Waals surface area (Å²) in [5.41, 5.74) is 6.96. The summed E-state index contributed by atoms with van der Waals surface area (Å²) in [6.45, 7) is 12.1. The number of nitrogens with two attached hydrogens (primary N) is 1. The quantitative estimate of drug-likeness (QED) is 0.863. The minimum atomic E-state index is 0.391. The van der Waals surface area contributed by atoms with Crippen molar-refractivity contribution in [2.24, 2.45) is 17.1 Å². The van der Waals surface area contributed by atoms with Gasteiger partial charge in [-0.25, -0.2) is 0 Å². The van der Waals surface area contributed by atoms with Gasteiger partial charge in [-0.3, -0.25) is 4.90 Å². The van der Waals surface area contributed by atoms with Crippen molar-refractivity contribution in [1.29, 1.82) is 0 Å². The molecule has 0 spiro atoms. The molecule has 3 atom stereocenters. The fourth-order valence-corrected chi connectivity index (χ4v) is 3.99. The molecule has 3 nitrogen and oxygen atoms in total. The third kappa shape index (κ3) is 3.75. The fourth-order valence-electron chi connectivity index (χ4n) is 3.99. The lowest BCUT2D eigenvalue weighted by Gasteiger charge is -2.46. The van der Waals surface area contributed by atoms with Gasteiger partial charge in [0, 0.05) is 25.2 Å². The molecule has 2 rings (SSSR count). The van der Waals surface area contributed by atoms with Crippen LogP contribution >= 0.6 is 0 Å². The molecular formula is C17H35N3. The zero-order valence-electron chi connectivity index (χ0n) is 14.1. The molecule has 1 saturated carbocycles. The number of nitrogens with zero attached hydrogens (tertiary/aromatic N) is 2. The van der Waals surface area contributed by atoms with Crippen LogP contribution in [-0.4, -0.2) is 55.1 Å². The topological polar surface area (TPSA) is 32.5 Å². The van der Waals surface area contributed by atoms with E-state index >= 15 is 0 Å². The minimum Gasteiger partial charge on any atom is -0.326 e. The van der Waals surface area contributed by atoms with Crippen LogP contribution in [0.1, 0.15) is 52.9 Å². The van der Waals surface area contributed by atoms with Crippen molar-refractivity contribution >= 4 is 0 Å². The van der Waals surface area contributed by atoms with Crippen LogP contribution in [0.3, 0.4) is 0 Å². The Kier molecular flexibility index (Phi) is 5.49. The van der Waals surface area contributed by atoms with Gasteiger partial charge in [0.15, 0.2) is 0 Å². The number of rotatable bonds is 3. The monoisotopic (exact) mass is 281 g/mol. The molecule has 20 heavy (non-hydrogen) atoms. The minimum absolute atomic E-state index is 0.391. The van der Waals surface area contributed by atoms with E-state index < -0.39 is 0 Å². The van der Waals surface area contributed by atoms with E-state index in [9.17, 15) is 0 Å². The summed E-state index contributed by atoms with van der Waals surface area (Å²) in [5.74, 6) is 0.846. The maximum absolute atomic E-state index is 6.49. The Morgan fingerprint density at radius 1 is 1.10 bits per heavy atom. The van der Waals surface area contributed by atoms with E-state index in [4.69, 9.17) is 5.73 Å². The Balaban J connectivity index is 2.01. The first-order valence-electron chi connectivity index (χ1n) is 8.62. The molecule has 0 radical (unpaired) electrons. The largest absolute Gasteiger partial charge is 0.326 e. The first-order valence-corrected chi connectivity index (χ1v) is 8.62. The lowest BCUT2D eigenvalue weighted by Crippen LogP contribution is -2.53. The summed E-state index contributed by atoms with van der Waals surface area (Å²) in [7, 11) is 2.24. The SMILES string of the molecule is CCC(C)(C)C1CCC(N)C(N2CCCN(C)CC2)C1. The molecule has 118 valence electrons. The Morgan fingerprint density at radius 3 is 2.55 bits per heavy atom. The molecule has 0 amide bonds. The normalized spacial score (nSPS) is 35.0. The van der Waals surface area contributed by atoms with E-state index in [-0.39, 0.29) is 0 Å². The summed E-state index contributed by atoms with van der Waals surface area (Å²) < 4.78 is 0. The van der Waals surface area contributed by atoms with Crippen molar-refractivity contribution in [2.45, 2.75) is 65.0 Å². The summed E-state index contributed by atoms with van der Waals surface area (Å²) in [4.78, 5) is 5.16. The average Bonchev–Trinajstić information content (AvgIpc) is 2.64. The van der Waals surface area contributed by atoms with Gasteiger partial charge in [0.2, 0.25) is 0 Å². The standard InChI is InChI=1S/C17H35N3/c1-5-17(2,3)14-7-8-15(18)16(13-14)20-10-6-9-19(4)11-12-20/h14-16H,5-13,18H2,1-4H3. The Labute approximate surface area is 125 Å². The third-order valence-corrected chi connectivity index (χ3v) is 6.11. The second-order valence-corrected chi connectivity index (χ2v) is 7.78. The molecule has 2 N–H and O–H groups in total. The van der Waals surface area contributed by atoms with Gasteiger partial charge in [-0.1, -0.05) is 27.2 Å². The Hall–Kier alpha value is -0.120. The summed E-state index contributed by atoms with van der Waals surface area (Å²) in [6.07, 6.45) is 6.42. The highest BCUT2D eigenvalue weighted by molar-refractivity contribution is 4.94. The van der Waals surface area contributed by atoms with Gasteiger partial charge in [-0.2, -0.15) is 0 Å². The molecule has 2 aliphatic rings. The van der Waals surface area contributed by atoms with Crippen LogP contribution in [0.15, 0.2) is 0 Å². The number of hydrogen-bond donors (Lipinski definition) is 1. The molecule has 1 heterocycles. The predicted molar refractivity (Wildman–Crippen MR) is 86.9 cm³/mol. The molecule has 0 aromatic heterocycles. The van der Waals surface area contributed by atoms with Crippen LogP contribution in [0.25, 0.3) is 0 Å². The summed E-state index contributed by atoms with van der Waals surface area (Å²) >= 11 is 0. The van der Waals surface area contributed by atoms with Crippen LogP contribution < -0.4 is 5.73 Å². The first kappa shape index (κ1) is 16.3. The van der Waals surface area contributed by atoms with Crippen molar-refractivity contribution in [2.75, 3.05) is 33.2 Å². The van der Waals surface area contributed by atoms with Crippen molar-refractivity contribution < 1.29 is 0 Å². The van der Waals surface area contributed by atoms with Crippen molar-refractivity contribution in [3.63, 3.8) is 0 Å². The molecule has 0 aromatic rings. The van der Waals surface area contributed by atoms with Gasteiger partial charge >= 0.3 is 0 Å². The van der Waals surface area contributed by atoms with E-state index in [1.54, 1.807) is 0 Å². The molecular weight excluding hydrogens is 246 g/mol. The van der Waals surface area contributed by atoms with Crippen LogP contribution in [0, 0.1) is 11.3 Å². The van der Waals surface area contributed by atoms with E-state index in [1.807, 2.05) is 0 Å². The van der Waals surface area contributed by atoms with Gasteiger partial charge in [-0.05, 0) is 57.2 Å². The van der Waals surface area contributed by atoms with Crippen molar-refractivity contribution in [3.05, 3.63) is 0 Å². The summed E-state index contributed by atoms with van der Waals surface area (Å²) in [6, 6.07) is 1.01. The second kappa shape index (κ2) is 6.76. The van der Waals surface area contributed by atoms with Crippen LogP contribution in [0.5, 0.6) is 0 Å². The highest BCUT2D eigenvalue weighted by Crippen LogP contribution is 2.41. The maximum atomic E-state index is 6.49. The Morgan fingerprint density at radius 2 is 1.85 bits per heavy atom. The van der Waals surface area contributed by atoms with Gasteiger partial charge in [0.05, 0.1) is 0 Å². The van der Waals surface area contributed by atoms with Gasteiger partial charge in [-0.15, -0.1) is 0 Å². The molecule has 3 unspecified atom stereocenters. The van der Waals surface area contributed by atoms with E-state index in [1.165, 1.54) is 58.3 Å². The molecule has 0 bridgehead atoms. The number of hydrogen-bond acceptors (Lipinski definition) is 3. The van der Waals surface area contributed by atoms with Crippen molar-refractivity contribution in [1.82, 2.24) is 9.80 Å². The molecule has 1 aliphatic heterocycles. The molecule has 0 aromatic carbocycles. The third-order valence-electron chi connectivity index (χ3n) is 6.11. The lowest BCUT2D eigenvalue weighted by molar-refractivity contribution is 0.0621. The predicted octanol–water partition coefficient (Wildman–Crippen LogP) is 2.56. The smallest absolute Gasteiger partial charge is 0.0250 e. The van der Waals surface area contributed by atoms with E-state index in [2.05, 4.69) is 37.6 Å². The zero-order valence-corrected chi connectivity index (χ0v) is 14.1. The van der Waals surface area contributed by atoms with E-state index in [0.717, 1.165) is 5.92 Å². The van der Waals surface area contributed by atoms with Crippen LogP contribution in [0.2, 0.25) is 0 Å². The average molecular weight is 281 g/mol. The van der Waals surface area contributed by atoms with Crippen molar-refractivity contribution in [3.8, 4) is 0 Å². The zero-order chi connectivity index (χ0) is 14.8. The van der Waals surface area contributed by atoms with Gasteiger partial charge in [0.25, 0.3) is 0 Å². The first-order chi connectivity index (χ1) is 9.44. The molecule has 1 saturated heterocycles. The van der Waals surface area contributed by atoms with Gasteiger partial charge in [0.1, 0.15) is 0 Å². The molecule has 1 aliphatic carbocycles. The molecule has 3 heteroatoms. The maximum Gasteiger partial charge on any atom is 0.0250 e. The lowest BCUT2D eigenvalue weighted by atomic mass is 9.67. The highest BCUT2D eigenvalue weighted by atomic mass is 15.2. The number of likely N-dealkylation sites (N-methyl/N-ethyl adjacent to an activating group) is 1. The second-order valence-electron chi connectivity index (χ2n) is 7.78. The summed E-state index contributed by atoms with van der Waals surface area (Å²) in [5, 5.41) is 0. The molecule has 2 fully saturated rings. The fraction of sp³-hybridized carbons (Fsp3) is 1.00. The Bertz CT molecular complexity index is 303. The van der Waals surface area contributed by atoms with Crippen LogP contribution in [0.4, 0.5) is 0 Å². The van der Waals surface area contributed by atoms with E-state index in [0.29, 0.717) is 17.5 Å². The van der Waals surface area contributed by atoms with Gasteiger partial charge < -0.3 is 10.6 Å². The van der Waals surface area contributed by atoms with Crippen LogP contribution in [-0.2, 0) is 0 Å². The highest BCUT2D eigenvalue weighted by Gasteiger charge is 2.38.